The summed E-state index contributed by atoms with van der Waals surface area (Å²) in [5.74, 6) is -0.343. The molecule has 0 aliphatic heterocycles. The zero-order chi connectivity index (χ0) is 21.1. The Bertz CT molecular complexity index is 837. The number of halogens is 3. The molecule has 3 N–H and O–H groups in total. The molecule has 10 heteroatoms. The molecule has 1 aromatic rings. The summed E-state index contributed by atoms with van der Waals surface area (Å²) >= 11 is 0. The highest BCUT2D eigenvalue weighted by atomic mass is 32.2. The van der Waals surface area contributed by atoms with Crippen molar-refractivity contribution in [2.24, 2.45) is 0 Å². The summed E-state index contributed by atoms with van der Waals surface area (Å²) in [5, 5.41) is 5.31. The van der Waals surface area contributed by atoms with Crippen molar-refractivity contribution >= 4 is 21.7 Å². The number of hydrogen-bond donors (Lipinski definition) is 3. The van der Waals surface area contributed by atoms with Crippen molar-refractivity contribution < 1.29 is 26.4 Å². The van der Waals surface area contributed by atoms with Crippen LogP contribution in [-0.2, 0) is 35.7 Å². The summed E-state index contributed by atoms with van der Waals surface area (Å²) in [4.78, 5) is 12.3. The first-order valence-corrected chi connectivity index (χ1v) is 11.6. The van der Waals surface area contributed by atoms with E-state index in [1.807, 2.05) is 4.72 Å². The highest BCUT2D eigenvalue weighted by molar-refractivity contribution is 7.90. The van der Waals surface area contributed by atoms with E-state index in [-0.39, 0.29) is 25.3 Å². The summed E-state index contributed by atoms with van der Waals surface area (Å²) in [6.07, 6.45) is 0.627. The lowest BCUT2D eigenvalue weighted by atomic mass is 9.99. The van der Waals surface area contributed by atoms with Crippen molar-refractivity contribution in [3.63, 3.8) is 0 Å². The average Bonchev–Trinajstić information content (AvgIpc) is 3.25. The number of urea groups is 1. The van der Waals surface area contributed by atoms with Crippen LogP contribution in [0.25, 0.3) is 0 Å². The van der Waals surface area contributed by atoms with Crippen molar-refractivity contribution in [2.45, 2.75) is 57.5 Å². The molecule has 3 rings (SSSR count). The quantitative estimate of drug-likeness (QED) is 0.550. The molecule has 0 spiro atoms. The van der Waals surface area contributed by atoms with Gasteiger partial charge >= 0.3 is 12.2 Å². The van der Waals surface area contributed by atoms with Crippen molar-refractivity contribution in [1.29, 1.82) is 0 Å². The molecule has 162 valence electrons. The number of amides is 2. The van der Waals surface area contributed by atoms with E-state index in [2.05, 4.69) is 16.7 Å². The zero-order valence-electron chi connectivity index (χ0n) is 16.1. The average molecular weight is 433 g/mol. The number of benzene rings is 1. The van der Waals surface area contributed by atoms with E-state index >= 15 is 0 Å². The van der Waals surface area contributed by atoms with Crippen LogP contribution in [-0.4, -0.2) is 39.5 Å². The Morgan fingerprint density at radius 1 is 1.00 bits per heavy atom. The molecular weight excluding hydrogens is 407 g/mol. The van der Waals surface area contributed by atoms with Crippen LogP contribution >= 0.6 is 0 Å². The van der Waals surface area contributed by atoms with Crippen molar-refractivity contribution in [1.82, 2.24) is 10.0 Å². The van der Waals surface area contributed by atoms with Gasteiger partial charge in [0, 0.05) is 12.2 Å². The molecule has 6 nitrogen and oxygen atoms in total. The molecule has 0 bridgehead atoms. The van der Waals surface area contributed by atoms with Gasteiger partial charge in [0.15, 0.2) is 0 Å². The maximum absolute atomic E-state index is 12.3. The number of nitrogens with one attached hydrogen (secondary N) is 3. The van der Waals surface area contributed by atoms with E-state index in [1.54, 1.807) is 0 Å². The number of alkyl halides is 3. The molecular formula is C19H26F3N3O3S. The predicted octanol–water partition coefficient (Wildman–Crippen LogP) is 3.05. The number of anilines is 1. The van der Waals surface area contributed by atoms with Crippen LogP contribution in [0.2, 0.25) is 0 Å². The first-order chi connectivity index (χ1) is 13.6. The molecule has 0 radical (unpaired) electrons. The van der Waals surface area contributed by atoms with Gasteiger partial charge in [0.2, 0.25) is 10.0 Å². The van der Waals surface area contributed by atoms with Gasteiger partial charge in [-0.05, 0) is 73.7 Å². The molecule has 29 heavy (non-hydrogen) atoms. The van der Waals surface area contributed by atoms with Crippen LogP contribution in [0.3, 0.4) is 0 Å². The van der Waals surface area contributed by atoms with Gasteiger partial charge in [0.05, 0.1) is 12.2 Å². The minimum atomic E-state index is -4.24. The third kappa shape index (κ3) is 6.08. The number of carbonyl (C=O) groups excluding carboxylic acids is 1. The van der Waals surface area contributed by atoms with Crippen LogP contribution in [0.1, 0.15) is 47.9 Å². The topological polar surface area (TPSA) is 87.3 Å². The van der Waals surface area contributed by atoms with Gasteiger partial charge in [-0.2, -0.15) is 13.2 Å². The van der Waals surface area contributed by atoms with Crippen molar-refractivity contribution in [3.05, 3.63) is 28.3 Å². The first-order valence-electron chi connectivity index (χ1n) is 9.90. The second-order valence-corrected chi connectivity index (χ2v) is 9.42. The molecule has 2 amide bonds. The summed E-state index contributed by atoms with van der Waals surface area (Å²) in [5.41, 5.74) is 5.43. The molecule has 2 aliphatic carbocycles. The Morgan fingerprint density at radius 3 is 2.21 bits per heavy atom. The normalized spacial score (nSPS) is 15.8. The Labute approximate surface area is 168 Å². The summed E-state index contributed by atoms with van der Waals surface area (Å²) in [6.45, 7) is -0.139. The summed E-state index contributed by atoms with van der Waals surface area (Å²) in [6, 6.07) is 1.43. The smallest absolute Gasteiger partial charge is 0.316 e. The van der Waals surface area contributed by atoms with Gasteiger partial charge in [0.1, 0.15) is 0 Å². The van der Waals surface area contributed by atoms with Gasteiger partial charge in [-0.15, -0.1) is 0 Å². The molecule has 0 unspecified atom stereocenters. The number of aryl methyl sites for hydroxylation is 2. The van der Waals surface area contributed by atoms with Crippen LogP contribution in [0, 0.1) is 0 Å². The van der Waals surface area contributed by atoms with Gasteiger partial charge in [0.25, 0.3) is 0 Å². The molecule has 2 aliphatic rings. The largest absolute Gasteiger partial charge is 0.390 e. The lowest BCUT2D eigenvalue weighted by Gasteiger charge is -2.16. The molecule has 0 heterocycles. The zero-order valence-corrected chi connectivity index (χ0v) is 16.9. The summed E-state index contributed by atoms with van der Waals surface area (Å²) in [7, 11) is -3.87. The first kappa shape index (κ1) is 21.9. The Balaban J connectivity index is 1.51. The van der Waals surface area contributed by atoms with E-state index in [0.717, 1.165) is 55.3 Å². The Hall–Kier alpha value is -1.81. The number of fused-ring (bicyclic) bond motifs is 2. The minimum Gasteiger partial charge on any atom is -0.316 e. The van der Waals surface area contributed by atoms with Gasteiger partial charge in [-0.3, -0.25) is 0 Å². The number of hydrogen-bond acceptors (Lipinski definition) is 4. The lowest BCUT2D eigenvalue weighted by Crippen LogP contribution is -2.37. The highest BCUT2D eigenvalue weighted by Crippen LogP contribution is 2.38. The van der Waals surface area contributed by atoms with Crippen molar-refractivity contribution in [2.75, 3.05) is 24.2 Å². The molecule has 0 aromatic heterocycles. The fraction of sp³-hybridized carbons (Fsp3) is 0.632. The van der Waals surface area contributed by atoms with Crippen LogP contribution in [0.15, 0.2) is 6.07 Å². The standard InChI is InChI=1S/C19H26F3N3O3S/c20-19(21,22)8-10-23-9-3-11-29(27,28)25-18(26)24-17-15-6-1-4-13(15)12-14-5-2-7-16(14)17/h12,23H,1-11H2,(H2,24,25,26). The van der Waals surface area contributed by atoms with Gasteiger partial charge < -0.3 is 10.6 Å². The number of carbonyl (C=O) groups is 1. The maximum Gasteiger partial charge on any atom is 0.390 e. The second-order valence-electron chi connectivity index (χ2n) is 7.58. The SMILES string of the molecule is O=C(Nc1c2c(cc3c1CCC3)CCC2)NS(=O)(=O)CCCNCCC(F)(F)F. The molecule has 0 atom stereocenters. The van der Waals surface area contributed by atoms with E-state index in [0.29, 0.717) is 0 Å². The van der Waals surface area contributed by atoms with Crippen LogP contribution in [0.5, 0.6) is 0 Å². The second kappa shape index (κ2) is 8.91. The van der Waals surface area contributed by atoms with E-state index in [9.17, 15) is 26.4 Å². The molecule has 0 saturated carbocycles. The number of rotatable bonds is 8. The minimum absolute atomic E-state index is 0.108. The molecule has 1 aromatic carbocycles. The van der Waals surface area contributed by atoms with Crippen LogP contribution < -0.4 is 15.4 Å². The highest BCUT2D eigenvalue weighted by Gasteiger charge is 2.27. The molecule has 0 saturated heterocycles. The Morgan fingerprint density at radius 2 is 1.62 bits per heavy atom. The van der Waals surface area contributed by atoms with Gasteiger partial charge in [-0.1, -0.05) is 6.07 Å². The van der Waals surface area contributed by atoms with Crippen LogP contribution in [0.4, 0.5) is 23.7 Å². The maximum atomic E-state index is 12.3. The summed E-state index contributed by atoms with van der Waals surface area (Å²) < 4.78 is 62.4. The predicted molar refractivity (Wildman–Crippen MR) is 105 cm³/mol. The van der Waals surface area contributed by atoms with Gasteiger partial charge in [-0.25, -0.2) is 17.9 Å². The van der Waals surface area contributed by atoms with E-state index in [4.69, 9.17) is 0 Å². The van der Waals surface area contributed by atoms with Crippen molar-refractivity contribution in [3.8, 4) is 0 Å². The monoisotopic (exact) mass is 433 g/mol. The fourth-order valence-corrected chi connectivity index (χ4v) is 5.00. The van der Waals surface area contributed by atoms with E-state index < -0.39 is 28.7 Å². The lowest BCUT2D eigenvalue weighted by molar-refractivity contribution is -0.133. The third-order valence-electron chi connectivity index (χ3n) is 5.31. The third-order valence-corrected chi connectivity index (χ3v) is 6.63. The number of sulfonamides is 1. The molecule has 0 fully saturated rings. The fourth-order valence-electron chi connectivity index (χ4n) is 4.04. The van der Waals surface area contributed by atoms with E-state index in [1.165, 1.54) is 11.1 Å². The Kier molecular flexibility index (Phi) is 6.72.